The number of hydrogen-bond acceptors (Lipinski definition) is 5. The summed E-state index contributed by atoms with van der Waals surface area (Å²) in [6.45, 7) is 0. The minimum Gasteiger partial charge on any atom is -0.245 e. The highest BCUT2D eigenvalue weighted by Crippen LogP contribution is 2.40. The molecule has 1 N–H and O–H groups in total. The van der Waals surface area contributed by atoms with E-state index in [1.54, 1.807) is 29.8 Å². The molecule has 2 aromatic carbocycles. The average molecular weight is 485 g/mol. The molecule has 6 nitrogen and oxygen atoms in total. The summed E-state index contributed by atoms with van der Waals surface area (Å²) in [7, 11) is -4.22. The molecule has 0 saturated carbocycles. The Balaban J connectivity index is 1.81. The molecule has 2 heterocycles. The molecule has 0 atom stereocenters. The number of nitrogens with zero attached hydrogens (tertiary/aromatic N) is 3. The SMILES string of the molecule is O=S(=O)(Nn1nc(C(F)(F)F)c(Cl)c1-c1ccc(-c2nccs2)cc1)c1ccccc1. The molecule has 0 amide bonds. The van der Waals surface area contributed by atoms with Gasteiger partial charge in [-0.25, -0.2) is 4.98 Å². The first kappa shape index (κ1) is 21.3. The lowest BCUT2D eigenvalue weighted by Gasteiger charge is -2.11. The average Bonchev–Trinajstić information content (AvgIpc) is 3.37. The lowest BCUT2D eigenvalue weighted by Crippen LogP contribution is -2.25. The lowest BCUT2D eigenvalue weighted by molar-refractivity contribution is -0.141. The highest BCUT2D eigenvalue weighted by atomic mass is 35.5. The molecule has 0 unspecified atom stereocenters. The first-order valence-corrected chi connectivity index (χ1v) is 11.3. The summed E-state index contributed by atoms with van der Waals surface area (Å²) in [4.78, 5) is 6.63. The molecule has 0 spiro atoms. The third-order valence-electron chi connectivity index (χ3n) is 4.19. The first-order valence-electron chi connectivity index (χ1n) is 8.61. The van der Waals surface area contributed by atoms with Crippen LogP contribution in [0, 0.1) is 0 Å². The van der Waals surface area contributed by atoms with Crippen molar-refractivity contribution in [2.45, 2.75) is 11.1 Å². The molecule has 0 aliphatic rings. The third kappa shape index (κ3) is 4.29. The van der Waals surface area contributed by atoms with Crippen LogP contribution in [0.15, 0.2) is 71.1 Å². The highest BCUT2D eigenvalue weighted by Gasteiger charge is 2.40. The summed E-state index contributed by atoms with van der Waals surface area (Å²) in [5.41, 5.74) is -0.644. The van der Waals surface area contributed by atoms with Crippen LogP contribution in [-0.4, -0.2) is 23.3 Å². The Hall–Kier alpha value is -2.89. The van der Waals surface area contributed by atoms with Crippen LogP contribution in [0.4, 0.5) is 13.2 Å². The molecular weight excluding hydrogens is 473 g/mol. The van der Waals surface area contributed by atoms with Crippen molar-refractivity contribution in [2.75, 3.05) is 4.83 Å². The summed E-state index contributed by atoms with van der Waals surface area (Å²) in [5.74, 6) is 0. The first-order chi connectivity index (χ1) is 14.7. The second-order valence-electron chi connectivity index (χ2n) is 6.24. The van der Waals surface area contributed by atoms with E-state index in [2.05, 4.69) is 14.9 Å². The smallest absolute Gasteiger partial charge is 0.245 e. The number of halogens is 4. The van der Waals surface area contributed by atoms with Crippen LogP contribution >= 0.6 is 22.9 Å². The number of hydrogen-bond donors (Lipinski definition) is 1. The van der Waals surface area contributed by atoms with E-state index in [1.807, 2.05) is 0 Å². The van der Waals surface area contributed by atoms with Crippen molar-refractivity contribution in [1.82, 2.24) is 14.9 Å². The van der Waals surface area contributed by atoms with E-state index in [0.717, 1.165) is 10.6 Å². The number of alkyl halides is 3. The van der Waals surface area contributed by atoms with Gasteiger partial charge in [-0.1, -0.05) is 54.1 Å². The summed E-state index contributed by atoms with van der Waals surface area (Å²) < 4.78 is 65.6. The van der Waals surface area contributed by atoms with E-state index in [0.29, 0.717) is 4.79 Å². The van der Waals surface area contributed by atoms with Gasteiger partial charge in [-0.2, -0.15) is 31.2 Å². The Morgan fingerprint density at radius 3 is 2.23 bits per heavy atom. The predicted molar refractivity (Wildman–Crippen MR) is 112 cm³/mol. The van der Waals surface area contributed by atoms with Gasteiger partial charge in [0, 0.05) is 22.7 Å². The summed E-state index contributed by atoms with van der Waals surface area (Å²) in [5, 5.41) is 5.21. The van der Waals surface area contributed by atoms with Gasteiger partial charge in [0.25, 0.3) is 10.0 Å². The number of nitrogens with one attached hydrogen (secondary N) is 1. The van der Waals surface area contributed by atoms with E-state index >= 15 is 0 Å². The van der Waals surface area contributed by atoms with Crippen LogP contribution < -0.4 is 4.83 Å². The van der Waals surface area contributed by atoms with E-state index in [1.165, 1.54) is 47.7 Å². The van der Waals surface area contributed by atoms with E-state index < -0.39 is 26.9 Å². The fourth-order valence-corrected chi connectivity index (χ4v) is 4.76. The number of benzene rings is 2. The number of thiazole rings is 1. The number of aromatic nitrogens is 3. The maximum atomic E-state index is 13.4. The Morgan fingerprint density at radius 1 is 1.00 bits per heavy atom. The molecule has 2 aromatic heterocycles. The van der Waals surface area contributed by atoms with Crippen molar-refractivity contribution in [2.24, 2.45) is 0 Å². The van der Waals surface area contributed by atoms with Crippen LogP contribution in [0.25, 0.3) is 21.8 Å². The van der Waals surface area contributed by atoms with Crippen LogP contribution in [0.5, 0.6) is 0 Å². The highest BCUT2D eigenvalue weighted by molar-refractivity contribution is 7.92. The fraction of sp³-hybridized carbons (Fsp3) is 0.0526. The molecule has 0 aliphatic heterocycles. The van der Waals surface area contributed by atoms with Crippen molar-refractivity contribution in [3.05, 3.63) is 76.9 Å². The topological polar surface area (TPSA) is 76.9 Å². The van der Waals surface area contributed by atoms with E-state index in [4.69, 9.17) is 11.6 Å². The van der Waals surface area contributed by atoms with Gasteiger partial charge in [-0.05, 0) is 12.1 Å². The Kier molecular flexibility index (Phi) is 5.50. The Morgan fingerprint density at radius 2 is 1.65 bits per heavy atom. The van der Waals surface area contributed by atoms with Gasteiger partial charge in [-0.15, -0.1) is 16.4 Å². The zero-order valence-corrected chi connectivity index (χ0v) is 17.7. The van der Waals surface area contributed by atoms with Gasteiger partial charge in [0.2, 0.25) is 0 Å². The van der Waals surface area contributed by atoms with Gasteiger partial charge in [0.15, 0.2) is 5.69 Å². The van der Waals surface area contributed by atoms with Crippen LogP contribution in [-0.2, 0) is 16.2 Å². The normalized spacial score (nSPS) is 12.1. The summed E-state index contributed by atoms with van der Waals surface area (Å²) in [6, 6.07) is 13.6. The Labute approximate surface area is 184 Å². The second-order valence-corrected chi connectivity index (χ2v) is 9.18. The van der Waals surface area contributed by atoms with Crippen molar-refractivity contribution in [1.29, 1.82) is 0 Å². The Bertz CT molecular complexity index is 1300. The molecule has 0 bridgehead atoms. The molecule has 31 heavy (non-hydrogen) atoms. The minimum atomic E-state index is -4.88. The molecular formula is C19H12ClF3N4O2S2. The van der Waals surface area contributed by atoms with Crippen LogP contribution in [0.2, 0.25) is 5.02 Å². The monoisotopic (exact) mass is 484 g/mol. The third-order valence-corrected chi connectivity index (χ3v) is 6.68. The standard InChI is InChI=1S/C19H12ClF3N4O2S2/c20-15-16(12-6-8-13(9-7-12)18-24-10-11-30-18)27(25-17(15)19(21,22)23)26-31(28,29)14-4-2-1-3-5-14/h1-11,26H. The van der Waals surface area contributed by atoms with Crippen molar-refractivity contribution in [3.63, 3.8) is 0 Å². The maximum absolute atomic E-state index is 13.4. The summed E-state index contributed by atoms with van der Waals surface area (Å²) >= 11 is 7.42. The maximum Gasteiger partial charge on any atom is 0.436 e. The van der Waals surface area contributed by atoms with Crippen molar-refractivity contribution in [3.8, 4) is 21.8 Å². The molecule has 0 fully saturated rings. The van der Waals surface area contributed by atoms with E-state index in [9.17, 15) is 21.6 Å². The van der Waals surface area contributed by atoms with Gasteiger partial charge in [0.05, 0.1) is 4.90 Å². The van der Waals surface area contributed by atoms with Gasteiger partial charge in [-0.3, -0.25) is 0 Å². The zero-order valence-electron chi connectivity index (χ0n) is 15.3. The van der Waals surface area contributed by atoms with Gasteiger partial charge in [0.1, 0.15) is 15.7 Å². The van der Waals surface area contributed by atoms with Gasteiger partial charge < -0.3 is 0 Å². The second kappa shape index (κ2) is 7.98. The van der Waals surface area contributed by atoms with Crippen LogP contribution in [0.1, 0.15) is 5.69 Å². The molecule has 4 aromatic rings. The molecule has 0 aliphatic carbocycles. The number of sulfonamides is 1. The molecule has 12 heteroatoms. The largest absolute Gasteiger partial charge is 0.436 e. The number of rotatable bonds is 5. The molecule has 160 valence electrons. The van der Waals surface area contributed by atoms with Gasteiger partial charge >= 0.3 is 6.18 Å². The van der Waals surface area contributed by atoms with E-state index in [-0.39, 0.29) is 16.2 Å². The van der Waals surface area contributed by atoms with Crippen molar-refractivity contribution < 1.29 is 21.6 Å². The molecule has 4 rings (SSSR count). The minimum absolute atomic E-state index is 0.139. The lowest BCUT2D eigenvalue weighted by atomic mass is 10.1. The molecule has 0 saturated heterocycles. The van der Waals surface area contributed by atoms with Crippen LogP contribution in [0.3, 0.4) is 0 Å². The van der Waals surface area contributed by atoms with Crippen molar-refractivity contribution >= 4 is 33.0 Å². The zero-order chi connectivity index (χ0) is 22.2. The predicted octanol–water partition coefficient (Wildman–Crippen LogP) is 5.28. The fourth-order valence-electron chi connectivity index (χ4n) is 2.80. The molecule has 0 radical (unpaired) electrons. The summed E-state index contributed by atoms with van der Waals surface area (Å²) in [6.07, 6.45) is -3.25. The quantitative estimate of drug-likeness (QED) is 0.418.